The molecule has 0 spiro atoms. The number of rotatable bonds is 9. The SMILES string of the molecule is COC(=O)C(Cc1ccc(OCC(=O)OC(=O)C(F)(F)F)cc1)NC(=O)c1ccc(C(=N)N)cc1. The number of ether oxygens (including phenoxy) is 3. The molecule has 0 aliphatic heterocycles. The molecule has 10 nitrogen and oxygen atoms in total. The van der Waals surface area contributed by atoms with Gasteiger partial charge in [0.15, 0.2) is 6.61 Å². The number of carbonyl (C=O) groups excluding carboxylic acids is 4. The van der Waals surface area contributed by atoms with E-state index in [1.807, 2.05) is 0 Å². The van der Waals surface area contributed by atoms with Crippen molar-refractivity contribution in [2.75, 3.05) is 13.7 Å². The minimum Gasteiger partial charge on any atom is -0.482 e. The molecular weight excluding hydrogens is 475 g/mol. The van der Waals surface area contributed by atoms with Gasteiger partial charge in [0.05, 0.1) is 7.11 Å². The first-order chi connectivity index (χ1) is 16.4. The summed E-state index contributed by atoms with van der Waals surface area (Å²) in [6.07, 6.45) is -5.28. The third-order valence-corrected chi connectivity index (χ3v) is 4.41. The maximum Gasteiger partial charge on any atom is 0.491 e. The third kappa shape index (κ3) is 8.14. The number of nitrogen functional groups attached to an aromatic ring is 1. The Morgan fingerprint density at radius 2 is 1.57 bits per heavy atom. The van der Waals surface area contributed by atoms with Crippen molar-refractivity contribution in [1.82, 2.24) is 5.32 Å². The number of amidine groups is 1. The van der Waals surface area contributed by atoms with Crippen LogP contribution >= 0.6 is 0 Å². The normalized spacial score (nSPS) is 11.7. The predicted molar refractivity (Wildman–Crippen MR) is 114 cm³/mol. The smallest absolute Gasteiger partial charge is 0.482 e. The Labute approximate surface area is 196 Å². The Balaban J connectivity index is 1.98. The topological polar surface area (TPSA) is 158 Å². The van der Waals surface area contributed by atoms with Crippen LogP contribution in [0.4, 0.5) is 13.2 Å². The van der Waals surface area contributed by atoms with Gasteiger partial charge in [-0.2, -0.15) is 13.2 Å². The minimum atomic E-state index is -5.30. The average molecular weight is 495 g/mol. The van der Waals surface area contributed by atoms with Crippen LogP contribution in [-0.4, -0.2) is 55.6 Å². The second-order valence-electron chi connectivity index (χ2n) is 6.94. The number of benzene rings is 2. The fourth-order valence-corrected chi connectivity index (χ4v) is 2.67. The molecule has 0 bridgehead atoms. The van der Waals surface area contributed by atoms with E-state index in [0.29, 0.717) is 11.1 Å². The highest BCUT2D eigenvalue weighted by Gasteiger charge is 2.42. The van der Waals surface area contributed by atoms with Crippen LogP contribution in [-0.2, 0) is 30.3 Å². The highest BCUT2D eigenvalue weighted by Crippen LogP contribution is 2.17. The molecule has 0 radical (unpaired) electrons. The monoisotopic (exact) mass is 495 g/mol. The van der Waals surface area contributed by atoms with Gasteiger partial charge < -0.3 is 25.3 Å². The zero-order chi connectivity index (χ0) is 26.2. The molecule has 0 saturated carbocycles. The van der Waals surface area contributed by atoms with E-state index in [9.17, 15) is 32.3 Å². The summed E-state index contributed by atoms with van der Waals surface area (Å²) in [5.74, 6) is -5.54. The van der Waals surface area contributed by atoms with E-state index in [1.54, 1.807) is 0 Å². The molecular formula is C22H20F3N3O7. The van der Waals surface area contributed by atoms with Gasteiger partial charge >= 0.3 is 24.1 Å². The van der Waals surface area contributed by atoms with Crippen molar-refractivity contribution in [2.24, 2.45) is 5.73 Å². The number of hydrogen-bond acceptors (Lipinski definition) is 8. The number of methoxy groups -OCH3 is 1. The van der Waals surface area contributed by atoms with E-state index >= 15 is 0 Å². The molecule has 0 aromatic heterocycles. The number of alkyl halides is 3. The molecule has 0 aliphatic rings. The lowest BCUT2D eigenvalue weighted by atomic mass is 10.0. The molecule has 13 heteroatoms. The van der Waals surface area contributed by atoms with E-state index in [1.165, 1.54) is 48.5 Å². The molecule has 0 aliphatic carbocycles. The summed E-state index contributed by atoms with van der Waals surface area (Å²) in [6.45, 7) is -0.940. The number of nitrogens with two attached hydrogens (primary N) is 1. The lowest BCUT2D eigenvalue weighted by molar-refractivity contribution is -0.202. The number of esters is 3. The van der Waals surface area contributed by atoms with Gasteiger partial charge in [0.25, 0.3) is 5.91 Å². The molecule has 0 saturated heterocycles. The fraction of sp³-hybridized carbons (Fsp3) is 0.227. The second-order valence-corrected chi connectivity index (χ2v) is 6.94. The van der Waals surface area contributed by atoms with E-state index in [2.05, 4.69) is 10.1 Å². The van der Waals surface area contributed by atoms with Crippen LogP contribution in [0.15, 0.2) is 48.5 Å². The lowest BCUT2D eigenvalue weighted by Crippen LogP contribution is -2.43. The summed E-state index contributed by atoms with van der Waals surface area (Å²) in [7, 11) is 1.16. The van der Waals surface area contributed by atoms with Crippen LogP contribution < -0.4 is 15.8 Å². The molecule has 0 heterocycles. The van der Waals surface area contributed by atoms with Gasteiger partial charge in [-0.15, -0.1) is 0 Å². The highest BCUT2D eigenvalue weighted by molar-refractivity contribution is 5.99. The molecule has 0 fully saturated rings. The zero-order valence-corrected chi connectivity index (χ0v) is 18.2. The Morgan fingerprint density at radius 3 is 2.09 bits per heavy atom. The molecule has 1 atom stereocenters. The summed E-state index contributed by atoms with van der Waals surface area (Å²) in [6, 6.07) is 10.5. The van der Waals surface area contributed by atoms with Gasteiger partial charge in [0.2, 0.25) is 0 Å². The molecule has 4 N–H and O–H groups in total. The Hall–Kier alpha value is -4.42. The standard InChI is InChI=1S/C22H20F3N3O7/c1-33-20(31)16(28-19(30)14-6-4-13(5-7-14)18(26)27)10-12-2-8-15(9-3-12)34-11-17(29)35-21(32)22(23,24)25/h2-9,16H,10-11H2,1H3,(H3,26,27)(H,28,30). The second kappa shape index (κ2) is 11.6. The molecule has 35 heavy (non-hydrogen) atoms. The largest absolute Gasteiger partial charge is 0.491 e. The van der Waals surface area contributed by atoms with Gasteiger partial charge in [-0.1, -0.05) is 24.3 Å². The first kappa shape index (κ1) is 26.8. The fourth-order valence-electron chi connectivity index (χ4n) is 2.67. The summed E-state index contributed by atoms with van der Waals surface area (Å²) in [5.41, 5.74) is 6.58. The first-order valence-corrected chi connectivity index (χ1v) is 9.77. The Kier molecular flexibility index (Phi) is 8.91. The number of amides is 1. The van der Waals surface area contributed by atoms with Crippen molar-refractivity contribution in [3.63, 3.8) is 0 Å². The zero-order valence-electron chi connectivity index (χ0n) is 18.2. The van der Waals surface area contributed by atoms with Gasteiger partial charge in [-0.25, -0.2) is 14.4 Å². The minimum absolute atomic E-state index is 0.0202. The predicted octanol–water partition coefficient (Wildman–Crippen LogP) is 1.50. The van der Waals surface area contributed by atoms with Crippen LogP contribution in [0.2, 0.25) is 0 Å². The van der Waals surface area contributed by atoms with Crippen LogP contribution in [0.25, 0.3) is 0 Å². The first-order valence-electron chi connectivity index (χ1n) is 9.77. The van der Waals surface area contributed by atoms with Gasteiger partial charge in [-0.05, 0) is 29.8 Å². The van der Waals surface area contributed by atoms with Crippen molar-refractivity contribution < 1.29 is 46.6 Å². The van der Waals surface area contributed by atoms with Crippen LogP contribution in [0.1, 0.15) is 21.5 Å². The molecule has 1 amide bonds. The van der Waals surface area contributed by atoms with Crippen LogP contribution in [0, 0.1) is 5.41 Å². The molecule has 2 aromatic rings. The Bertz CT molecular complexity index is 1100. The van der Waals surface area contributed by atoms with Crippen LogP contribution in [0.5, 0.6) is 5.75 Å². The number of halogens is 3. The van der Waals surface area contributed by atoms with Gasteiger partial charge in [-0.3, -0.25) is 10.2 Å². The maximum atomic E-state index is 12.5. The van der Waals surface area contributed by atoms with Crippen molar-refractivity contribution >= 4 is 29.7 Å². The number of nitrogens with one attached hydrogen (secondary N) is 2. The molecule has 1 unspecified atom stereocenters. The van der Waals surface area contributed by atoms with Gasteiger partial charge in [0, 0.05) is 17.5 Å². The summed E-state index contributed by atoms with van der Waals surface area (Å²) in [4.78, 5) is 46.6. The Morgan fingerprint density at radius 1 is 1.00 bits per heavy atom. The summed E-state index contributed by atoms with van der Waals surface area (Å²) < 4.78 is 49.6. The van der Waals surface area contributed by atoms with Crippen molar-refractivity contribution in [2.45, 2.75) is 18.6 Å². The summed E-state index contributed by atoms with van der Waals surface area (Å²) >= 11 is 0. The van der Waals surface area contributed by atoms with E-state index in [0.717, 1.165) is 7.11 Å². The summed E-state index contributed by atoms with van der Waals surface area (Å²) in [5, 5.41) is 9.93. The third-order valence-electron chi connectivity index (χ3n) is 4.41. The van der Waals surface area contributed by atoms with Crippen molar-refractivity contribution in [3.8, 4) is 5.75 Å². The van der Waals surface area contributed by atoms with Gasteiger partial charge in [0.1, 0.15) is 17.6 Å². The molecule has 186 valence electrons. The molecule has 2 aromatic carbocycles. The van der Waals surface area contributed by atoms with E-state index in [-0.39, 0.29) is 23.6 Å². The van der Waals surface area contributed by atoms with E-state index < -0.39 is 42.6 Å². The quantitative estimate of drug-likeness (QED) is 0.204. The number of carbonyl (C=O) groups is 4. The maximum absolute atomic E-state index is 12.5. The highest BCUT2D eigenvalue weighted by atomic mass is 19.4. The van der Waals surface area contributed by atoms with Crippen LogP contribution in [0.3, 0.4) is 0 Å². The van der Waals surface area contributed by atoms with Crippen molar-refractivity contribution in [1.29, 1.82) is 5.41 Å². The van der Waals surface area contributed by atoms with E-state index in [4.69, 9.17) is 20.6 Å². The van der Waals surface area contributed by atoms with Crippen molar-refractivity contribution in [3.05, 3.63) is 65.2 Å². The average Bonchev–Trinajstić information content (AvgIpc) is 2.82. The molecule has 2 rings (SSSR count). The number of hydrogen-bond donors (Lipinski definition) is 3. The lowest BCUT2D eigenvalue weighted by Gasteiger charge is -2.17.